The van der Waals surface area contributed by atoms with E-state index in [0.29, 0.717) is 11.6 Å². The fourth-order valence-electron chi connectivity index (χ4n) is 1.43. The fourth-order valence-corrected chi connectivity index (χ4v) is 1.43. The topological polar surface area (TPSA) is 12.5 Å². The molecule has 0 aromatic carbocycles. The summed E-state index contributed by atoms with van der Waals surface area (Å²) in [4.78, 5) is 2.47. The lowest BCUT2D eigenvalue weighted by Gasteiger charge is -2.40. The number of hydrogen-bond donors (Lipinski definition) is 0. The zero-order valence-electron chi connectivity index (χ0n) is 10.1. The van der Waals surface area contributed by atoms with Gasteiger partial charge in [-0.05, 0) is 27.7 Å². The van der Waals surface area contributed by atoms with Crippen LogP contribution in [0.5, 0.6) is 0 Å². The Morgan fingerprint density at radius 3 is 2.08 bits per heavy atom. The molecule has 2 heteroatoms. The summed E-state index contributed by atoms with van der Waals surface area (Å²) >= 11 is 0. The maximum Gasteiger partial charge on any atom is 0.0674 e. The van der Waals surface area contributed by atoms with E-state index >= 15 is 0 Å². The Bertz CT molecular complexity index is 129. The summed E-state index contributed by atoms with van der Waals surface area (Å²) in [7, 11) is 0. The van der Waals surface area contributed by atoms with Crippen LogP contribution in [0.3, 0.4) is 0 Å². The third-order valence-electron chi connectivity index (χ3n) is 2.19. The zero-order valence-corrected chi connectivity index (χ0v) is 10.1. The zero-order chi connectivity index (χ0) is 10.5. The van der Waals surface area contributed by atoms with E-state index in [1.165, 1.54) is 0 Å². The van der Waals surface area contributed by atoms with Gasteiger partial charge in [0, 0.05) is 18.6 Å². The number of ether oxygens (including phenoxy) is 1. The van der Waals surface area contributed by atoms with Crippen LogP contribution in [0.2, 0.25) is 0 Å². The van der Waals surface area contributed by atoms with Crippen LogP contribution in [0, 0.1) is 0 Å². The number of hydrogen-bond acceptors (Lipinski definition) is 2. The summed E-state index contributed by atoms with van der Waals surface area (Å²) in [5, 5.41) is 0. The van der Waals surface area contributed by atoms with Crippen molar-refractivity contribution in [1.29, 1.82) is 0 Å². The molecular formula is C11H25NO. The van der Waals surface area contributed by atoms with E-state index in [2.05, 4.69) is 32.6 Å². The smallest absolute Gasteiger partial charge is 0.0674 e. The predicted molar refractivity (Wildman–Crippen MR) is 58.1 cm³/mol. The Morgan fingerprint density at radius 2 is 1.77 bits per heavy atom. The second kappa shape index (κ2) is 5.61. The molecule has 0 unspecified atom stereocenters. The highest BCUT2D eigenvalue weighted by Crippen LogP contribution is 2.16. The molecule has 1 aliphatic rings. The van der Waals surface area contributed by atoms with Gasteiger partial charge in [0.25, 0.3) is 0 Å². The van der Waals surface area contributed by atoms with Crippen LogP contribution in [0.25, 0.3) is 0 Å². The molecule has 13 heavy (non-hydrogen) atoms. The van der Waals surface area contributed by atoms with Crippen LogP contribution in [0.4, 0.5) is 0 Å². The van der Waals surface area contributed by atoms with E-state index in [1.54, 1.807) is 0 Å². The van der Waals surface area contributed by atoms with Gasteiger partial charge in [-0.1, -0.05) is 13.8 Å². The van der Waals surface area contributed by atoms with Gasteiger partial charge in [0.15, 0.2) is 0 Å². The first-order valence-corrected chi connectivity index (χ1v) is 5.37. The second-order valence-electron chi connectivity index (χ2n) is 4.30. The molecule has 0 aromatic heterocycles. The molecule has 0 aliphatic carbocycles. The van der Waals surface area contributed by atoms with Crippen LogP contribution in [-0.4, -0.2) is 36.2 Å². The van der Waals surface area contributed by atoms with E-state index in [4.69, 9.17) is 4.74 Å². The molecule has 1 saturated heterocycles. The van der Waals surface area contributed by atoms with E-state index in [-0.39, 0.29) is 0 Å². The normalized spacial score (nSPS) is 24.9. The molecule has 80 valence electrons. The molecule has 0 N–H and O–H groups in total. The van der Waals surface area contributed by atoms with Crippen molar-refractivity contribution in [1.82, 2.24) is 4.90 Å². The summed E-state index contributed by atoms with van der Waals surface area (Å²) < 4.78 is 5.46. The van der Waals surface area contributed by atoms with Gasteiger partial charge < -0.3 is 4.74 Å². The lowest BCUT2D eigenvalue weighted by molar-refractivity contribution is -0.0494. The molecule has 1 heterocycles. The van der Waals surface area contributed by atoms with Gasteiger partial charge in [0.1, 0.15) is 0 Å². The molecule has 0 spiro atoms. The van der Waals surface area contributed by atoms with Crippen molar-refractivity contribution in [2.24, 2.45) is 0 Å². The van der Waals surface area contributed by atoms with Gasteiger partial charge >= 0.3 is 0 Å². The first-order chi connectivity index (χ1) is 6.00. The second-order valence-corrected chi connectivity index (χ2v) is 4.30. The first-order valence-electron chi connectivity index (χ1n) is 5.37. The Labute approximate surface area is 83.3 Å². The first kappa shape index (κ1) is 12.9. The standard InChI is InChI=1S/C9H19NO.C2H6/c1-8-7-10(5-6-11-8)9(2,3)4;1-2/h8H,5-7H2,1-4H3;1-2H3/t8-;/m1./s1. The molecule has 2 nitrogen and oxygen atoms in total. The van der Waals surface area contributed by atoms with Gasteiger partial charge in [-0.2, -0.15) is 0 Å². The van der Waals surface area contributed by atoms with Gasteiger partial charge in [-0.25, -0.2) is 0 Å². The van der Waals surface area contributed by atoms with Crippen LogP contribution < -0.4 is 0 Å². The molecule has 1 aliphatic heterocycles. The van der Waals surface area contributed by atoms with E-state index in [1.807, 2.05) is 13.8 Å². The monoisotopic (exact) mass is 187 g/mol. The lowest BCUT2D eigenvalue weighted by Crippen LogP contribution is -2.50. The van der Waals surface area contributed by atoms with Crippen LogP contribution >= 0.6 is 0 Å². The summed E-state index contributed by atoms with van der Waals surface area (Å²) in [6.45, 7) is 15.9. The third kappa shape index (κ3) is 4.63. The van der Waals surface area contributed by atoms with Gasteiger partial charge in [-0.15, -0.1) is 0 Å². The fraction of sp³-hybridized carbons (Fsp3) is 1.00. The predicted octanol–water partition coefficient (Wildman–Crippen LogP) is 2.53. The summed E-state index contributed by atoms with van der Waals surface area (Å²) in [6.07, 6.45) is 0.406. The van der Waals surface area contributed by atoms with Crippen LogP contribution in [-0.2, 0) is 4.74 Å². The Kier molecular flexibility index (Phi) is 5.57. The van der Waals surface area contributed by atoms with Crippen LogP contribution in [0.15, 0.2) is 0 Å². The molecule has 1 atom stereocenters. The van der Waals surface area contributed by atoms with Crippen molar-refractivity contribution in [3.05, 3.63) is 0 Å². The largest absolute Gasteiger partial charge is 0.376 e. The van der Waals surface area contributed by atoms with Crippen molar-refractivity contribution in [3.8, 4) is 0 Å². The maximum atomic E-state index is 5.46. The summed E-state index contributed by atoms with van der Waals surface area (Å²) in [5.41, 5.74) is 0.304. The van der Waals surface area contributed by atoms with Crippen molar-refractivity contribution < 1.29 is 4.74 Å². The molecule has 0 bridgehead atoms. The number of rotatable bonds is 0. The third-order valence-corrected chi connectivity index (χ3v) is 2.19. The SMILES string of the molecule is CC.C[C@@H]1CN(C(C)(C)C)CCO1. The van der Waals surface area contributed by atoms with E-state index in [9.17, 15) is 0 Å². The minimum atomic E-state index is 0.304. The minimum absolute atomic E-state index is 0.304. The molecule has 1 rings (SSSR count). The minimum Gasteiger partial charge on any atom is -0.376 e. The highest BCUT2D eigenvalue weighted by molar-refractivity contribution is 4.80. The average molecular weight is 187 g/mol. The highest BCUT2D eigenvalue weighted by Gasteiger charge is 2.25. The van der Waals surface area contributed by atoms with Gasteiger partial charge in [0.2, 0.25) is 0 Å². The van der Waals surface area contributed by atoms with Crippen LogP contribution in [0.1, 0.15) is 41.5 Å². The maximum absolute atomic E-state index is 5.46. The molecular weight excluding hydrogens is 162 g/mol. The Hall–Kier alpha value is -0.0800. The van der Waals surface area contributed by atoms with Crippen molar-refractivity contribution in [2.45, 2.75) is 53.2 Å². The van der Waals surface area contributed by atoms with Crippen molar-refractivity contribution in [3.63, 3.8) is 0 Å². The molecule has 0 aromatic rings. The molecule has 0 radical (unpaired) electrons. The van der Waals surface area contributed by atoms with E-state index in [0.717, 1.165) is 19.7 Å². The number of nitrogens with zero attached hydrogens (tertiary/aromatic N) is 1. The number of morpholine rings is 1. The van der Waals surface area contributed by atoms with Crippen molar-refractivity contribution >= 4 is 0 Å². The average Bonchev–Trinajstić information content (AvgIpc) is 2.06. The summed E-state index contributed by atoms with van der Waals surface area (Å²) in [5.74, 6) is 0. The molecule has 0 amide bonds. The molecule has 0 saturated carbocycles. The van der Waals surface area contributed by atoms with Crippen molar-refractivity contribution in [2.75, 3.05) is 19.7 Å². The van der Waals surface area contributed by atoms with Gasteiger partial charge in [-0.3, -0.25) is 4.90 Å². The van der Waals surface area contributed by atoms with Gasteiger partial charge in [0.05, 0.1) is 12.7 Å². The quantitative estimate of drug-likeness (QED) is 0.578. The Balaban J connectivity index is 0.000000671. The van der Waals surface area contributed by atoms with E-state index < -0.39 is 0 Å². The Morgan fingerprint density at radius 1 is 1.23 bits per heavy atom. The summed E-state index contributed by atoms with van der Waals surface area (Å²) in [6, 6.07) is 0. The lowest BCUT2D eigenvalue weighted by atomic mass is 10.0. The highest BCUT2D eigenvalue weighted by atomic mass is 16.5. The molecule has 1 fully saturated rings.